The van der Waals surface area contributed by atoms with E-state index in [0.29, 0.717) is 18.8 Å². The van der Waals surface area contributed by atoms with E-state index < -0.39 is 9.05 Å². The Hall–Kier alpha value is -1.33. The molecular formula is C14H16ClNO3S. The molecule has 0 N–H and O–H groups in total. The average Bonchev–Trinajstić information content (AvgIpc) is 2.42. The summed E-state index contributed by atoms with van der Waals surface area (Å²) in [6, 6.07) is 9.47. The molecule has 0 saturated carbocycles. The van der Waals surface area contributed by atoms with Crippen molar-refractivity contribution in [2.24, 2.45) is 5.92 Å². The van der Waals surface area contributed by atoms with Gasteiger partial charge in [-0.1, -0.05) is 13.0 Å². The van der Waals surface area contributed by atoms with Gasteiger partial charge in [-0.15, -0.1) is 0 Å². The van der Waals surface area contributed by atoms with Crippen molar-refractivity contribution >= 4 is 30.6 Å². The minimum Gasteiger partial charge on any atom is -0.493 e. The van der Waals surface area contributed by atoms with Gasteiger partial charge in [0.1, 0.15) is 5.75 Å². The lowest BCUT2D eigenvalue weighted by Gasteiger charge is -2.14. The zero-order valence-corrected chi connectivity index (χ0v) is 12.7. The smallest absolute Gasteiger partial charge is 0.232 e. The molecule has 0 saturated heterocycles. The summed E-state index contributed by atoms with van der Waals surface area (Å²) in [4.78, 5) is 4.25. The van der Waals surface area contributed by atoms with Gasteiger partial charge >= 0.3 is 0 Å². The highest BCUT2D eigenvalue weighted by molar-refractivity contribution is 8.13. The van der Waals surface area contributed by atoms with Gasteiger partial charge in [0.25, 0.3) is 0 Å². The predicted molar refractivity (Wildman–Crippen MR) is 80.7 cm³/mol. The summed E-state index contributed by atoms with van der Waals surface area (Å²) in [7, 11) is 1.78. The minimum absolute atomic E-state index is 0.0725. The molecule has 4 nitrogen and oxygen atoms in total. The number of pyridine rings is 1. The Bertz CT molecular complexity index is 688. The Morgan fingerprint density at radius 1 is 1.35 bits per heavy atom. The number of hydrogen-bond donors (Lipinski definition) is 0. The highest BCUT2D eigenvalue weighted by Gasteiger charge is 2.16. The van der Waals surface area contributed by atoms with E-state index in [9.17, 15) is 8.42 Å². The van der Waals surface area contributed by atoms with Crippen LogP contribution in [0.5, 0.6) is 5.75 Å². The number of rotatable bonds is 6. The van der Waals surface area contributed by atoms with Gasteiger partial charge in [-0.25, -0.2) is 8.42 Å². The maximum Gasteiger partial charge on any atom is 0.232 e. The van der Waals surface area contributed by atoms with Crippen molar-refractivity contribution in [3.63, 3.8) is 0 Å². The van der Waals surface area contributed by atoms with Crippen LogP contribution in [0.1, 0.15) is 13.3 Å². The van der Waals surface area contributed by atoms with E-state index in [1.165, 1.54) is 0 Å². The van der Waals surface area contributed by atoms with Crippen molar-refractivity contribution in [1.29, 1.82) is 0 Å². The molecule has 0 aliphatic carbocycles. The van der Waals surface area contributed by atoms with Crippen molar-refractivity contribution in [3.05, 3.63) is 36.5 Å². The van der Waals surface area contributed by atoms with E-state index in [2.05, 4.69) is 4.98 Å². The second-order valence-electron chi connectivity index (χ2n) is 4.65. The molecule has 0 radical (unpaired) electrons. The Kier molecular flexibility index (Phi) is 4.83. The van der Waals surface area contributed by atoms with Gasteiger partial charge in [0.05, 0.1) is 17.9 Å². The molecule has 1 aromatic heterocycles. The van der Waals surface area contributed by atoms with E-state index in [4.69, 9.17) is 15.4 Å². The van der Waals surface area contributed by atoms with Crippen molar-refractivity contribution in [2.75, 3.05) is 12.4 Å². The van der Waals surface area contributed by atoms with Gasteiger partial charge in [0.2, 0.25) is 9.05 Å². The number of hydrogen-bond acceptors (Lipinski definition) is 4. The highest BCUT2D eigenvalue weighted by atomic mass is 35.7. The first kappa shape index (κ1) is 15.1. The first-order valence-electron chi connectivity index (χ1n) is 6.38. The fourth-order valence-electron chi connectivity index (χ4n) is 1.92. The average molecular weight is 314 g/mol. The Balaban J connectivity index is 2.04. The summed E-state index contributed by atoms with van der Waals surface area (Å²) < 4.78 is 27.8. The quantitative estimate of drug-likeness (QED) is 0.768. The van der Waals surface area contributed by atoms with Gasteiger partial charge in [-0.2, -0.15) is 0 Å². The third kappa shape index (κ3) is 4.35. The minimum atomic E-state index is -3.49. The van der Waals surface area contributed by atoms with Crippen LogP contribution in [0.3, 0.4) is 0 Å². The van der Waals surface area contributed by atoms with E-state index in [-0.39, 0.29) is 11.7 Å². The van der Waals surface area contributed by atoms with E-state index in [1.54, 1.807) is 6.20 Å². The van der Waals surface area contributed by atoms with Gasteiger partial charge in [0.15, 0.2) is 0 Å². The molecule has 0 aliphatic rings. The highest BCUT2D eigenvalue weighted by Crippen LogP contribution is 2.20. The summed E-state index contributed by atoms with van der Waals surface area (Å²) in [5.41, 5.74) is 0.850. The molecule has 0 aliphatic heterocycles. The van der Waals surface area contributed by atoms with Gasteiger partial charge in [0, 0.05) is 34.2 Å². The Labute approximate surface area is 123 Å². The topological polar surface area (TPSA) is 56.3 Å². The van der Waals surface area contributed by atoms with E-state index in [0.717, 1.165) is 10.9 Å². The molecule has 2 rings (SSSR count). The van der Waals surface area contributed by atoms with Crippen molar-refractivity contribution in [1.82, 2.24) is 4.98 Å². The van der Waals surface area contributed by atoms with Crippen LogP contribution < -0.4 is 4.74 Å². The fourth-order valence-corrected chi connectivity index (χ4v) is 3.34. The van der Waals surface area contributed by atoms with Gasteiger partial charge < -0.3 is 4.74 Å². The van der Waals surface area contributed by atoms with Crippen molar-refractivity contribution < 1.29 is 13.2 Å². The molecule has 20 heavy (non-hydrogen) atoms. The van der Waals surface area contributed by atoms with Crippen LogP contribution in [0.2, 0.25) is 0 Å². The summed E-state index contributed by atoms with van der Waals surface area (Å²) in [5.74, 6) is 0.496. The van der Waals surface area contributed by atoms with Gasteiger partial charge in [-0.05, 0) is 24.6 Å². The molecule has 0 bridgehead atoms. The van der Waals surface area contributed by atoms with Gasteiger partial charge in [-0.3, -0.25) is 4.98 Å². The zero-order chi connectivity index (χ0) is 14.6. The van der Waals surface area contributed by atoms with E-state index in [1.807, 2.05) is 37.3 Å². The van der Waals surface area contributed by atoms with E-state index >= 15 is 0 Å². The molecular weight excluding hydrogens is 298 g/mol. The molecule has 0 spiro atoms. The molecule has 0 amide bonds. The number of fused-ring (bicyclic) bond motifs is 1. The number of benzene rings is 1. The van der Waals surface area contributed by atoms with Crippen molar-refractivity contribution in [3.8, 4) is 5.75 Å². The third-order valence-corrected chi connectivity index (χ3v) is 4.32. The summed E-state index contributed by atoms with van der Waals surface area (Å²) in [6.07, 6.45) is 2.42. The summed E-state index contributed by atoms with van der Waals surface area (Å²) in [5, 5.41) is 1.04. The van der Waals surface area contributed by atoms with Crippen LogP contribution in [-0.4, -0.2) is 25.8 Å². The molecule has 108 valence electrons. The van der Waals surface area contributed by atoms with Crippen LogP contribution in [-0.2, 0) is 9.05 Å². The number of halogens is 1. The first-order chi connectivity index (χ1) is 9.48. The summed E-state index contributed by atoms with van der Waals surface area (Å²) >= 11 is 0. The SMILES string of the molecule is CCC(COc1ccc2cccnc2c1)CS(=O)(=O)Cl. The number of nitrogens with zero attached hydrogens (tertiary/aromatic N) is 1. The lowest BCUT2D eigenvalue weighted by atomic mass is 10.1. The predicted octanol–water partition coefficient (Wildman–Crippen LogP) is 3.21. The number of ether oxygens (including phenoxy) is 1. The Morgan fingerprint density at radius 3 is 2.85 bits per heavy atom. The molecule has 0 fully saturated rings. The Morgan fingerprint density at radius 2 is 2.15 bits per heavy atom. The number of aromatic nitrogens is 1. The molecule has 6 heteroatoms. The lowest BCUT2D eigenvalue weighted by molar-refractivity contribution is 0.258. The monoisotopic (exact) mass is 313 g/mol. The van der Waals surface area contributed by atoms with Crippen LogP contribution in [0.25, 0.3) is 10.9 Å². The summed E-state index contributed by atoms with van der Waals surface area (Å²) in [6.45, 7) is 2.23. The van der Waals surface area contributed by atoms with Crippen molar-refractivity contribution in [2.45, 2.75) is 13.3 Å². The second-order valence-corrected chi connectivity index (χ2v) is 7.47. The maximum absolute atomic E-state index is 11.1. The third-order valence-electron chi connectivity index (χ3n) is 3.08. The molecule has 1 aromatic carbocycles. The standard InChI is InChI=1S/C14H16ClNO3S/c1-2-11(10-20(15,17)18)9-19-13-6-5-12-4-3-7-16-14(12)8-13/h3-8,11H,2,9-10H2,1H3. The zero-order valence-electron chi connectivity index (χ0n) is 11.1. The fraction of sp³-hybridized carbons (Fsp3) is 0.357. The molecule has 2 aromatic rings. The largest absolute Gasteiger partial charge is 0.493 e. The lowest BCUT2D eigenvalue weighted by Crippen LogP contribution is -2.18. The first-order valence-corrected chi connectivity index (χ1v) is 8.85. The molecule has 1 atom stereocenters. The second kappa shape index (κ2) is 6.41. The molecule has 1 unspecified atom stereocenters. The molecule has 1 heterocycles. The van der Waals surface area contributed by atoms with Crippen LogP contribution in [0, 0.1) is 5.92 Å². The normalized spacial score (nSPS) is 13.3. The van der Waals surface area contributed by atoms with Crippen LogP contribution >= 0.6 is 10.7 Å². The maximum atomic E-state index is 11.1. The van der Waals surface area contributed by atoms with Crippen LogP contribution in [0.15, 0.2) is 36.5 Å². The van der Waals surface area contributed by atoms with Crippen LogP contribution in [0.4, 0.5) is 0 Å².